The molecule has 0 aromatic heterocycles. The molecule has 3 nitrogen and oxygen atoms in total. The number of unbranched alkanes of at least 4 members (excludes halogenated alkanes) is 5. The Morgan fingerprint density at radius 1 is 1.00 bits per heavy atom. The van der Waals surface area contributed by atoms with Crippen LogP contribution in [0.3, 0.4) is 0 Å². The molecule has 1 aliphatic heterocycles. The van der Waals surface area contributed by atoms with Crippen molar-refractivity contribution in [3.63, 3.8) is 0 Å². The summed E-state index contributed by atoms with van der Waals surface area (Å²) in [6.07, 6.45) is 11.7. The summed E-state index contributed by atoms with van der Waals surface area (Å²) in [7, 11) is 3.45. The van der Waals surface area contributed by atoms with Crippen LogP contribution in [0.15, 0.2) is 12.1 Å². The van der Waals surface area contributed by atoms with Crippen LogP contribution in [-0.2, 0) is 12.0 Å². The van der Waals surface area contributed by atoms with E-state index < -0.39 is 0 Å². The van der Waals surface area contributed by atoms with Crippen molar-refractivity contribution in [1.29, 1.82) is 0 Å². The van der Waals surface area contributed by atoms with Gasteiger partial charge in [-0.05, 0) is 48.9 Å². The van der Waals surface area contributed by atoms with Crippen molar-refractivity contribution in [2.24, 2.45) is 5.92 Å². The lowest BCUT2D eigenvalue weighted by atomic mass is 9.71. The molecule has 148 valence electrons. The molecule has 2 rings (SSSR count). The highest BCUT2D eigenvalue weighted by atomic mass is 16.5. The minimum atomic E-state index is 0.0192. The van der Waals surface area contributed by atoms with E-state index in [9.17, 15) is 0 Å². The second-order valence-electron chi connectivity index (χ2n) is 7.91. The summed E-state index contributed by atoms with van der Waals surface area (Å²) in [4.78, 5) is 0. The first-order chi connectivity index (χ1) is 12.6. The van der Waals surface area contributed by atoms with Gasteiger partial charge in [-0.15, -0.1) is 0 Å². The number of methoxy groups -OCH3 is 2. The average Bonchev–Trinajstić information content (AvgIpc) is 2.66. The minimum Gasteiger partial charge on any atom is -0.493 e. The summed E-state index contributed by atoms with van der Waals surface area (Å²) in [6, 6.07) is 4.40. The lowest BCUT2D eigenvalue weighted by molar-refractivity contribution is 0.196. The Balaban J connectivity index is 2.14. The van der Waals surface area contributed by atoms with E-state index in [2.05, 4.69) is 38.2 Å². The minimum absolute atomic E-state index is 0.0192. The molecule has 0 saturated carbocycles. The van der Waals surface area contributed by atoms with E-state index in [4.69, 9.17) is 9.47 Å². The maximum Gasteiger partial charge on any atom is 0.161 e. The number of fused-ring (bicyclic) bond motifs is 1. The predicted octanol–water partition coefficient (Wildman–Crippen LogP) is 5.84. The van der Waals surface area contributed by atoms with Crippen molar-refractivity contribution in [2.75, 3.05) is 20.8 Å². The van der Waals surface area contributed by atoms with Crippen LogP contribution >= 0.6 is 0 Å². The highest BCUT2D eigenvalue weighted by molar-refractivity contribution is 5.51. The van der Waals surface area contributed by atoms with E-state index in [0.717, 1.165) is 24.5 Å². The van der Waals surface area contributed by atoms with E-state index in [0.29, 0.717) is 5.92 Å². The van der Waals surface area contributed by atoms with Crippen LogP contribution in [-0.4, -0.2) is 20.8 Å². The molecule has 0 amide bonds. The van der Waals surface area contributed by atoms with Crippen LogP contribution in [0.1, 0.15) is 83.3 Å². The number of hydrogen-bond donors (Lipinski definition) is 1. The van der Waals surface area contributed by atoms with Gasteiger partial charge in [0.2, 0.25) is 0 Å². The molecule has 2 unspecified atom stereocenters. The molecule has 0 spiro atoms. The molecule has 0 fully saturated rings. The molecule has 1 aromatic rings. The monoisotopic (exact) mass is 361 g/mol. The second-order valence-corrected chi connectivity index (χ2v) is 7.91. The van der Waals surface area contributed by atoms with Gasteiger partial charge >= 0.3 is 0 Å². The molecule has 1 N–H and O–H groups in total. The summed E-state index contributed by atoms with van der Waals surface area (Å²) >= 11 is 0. The third-order valence-corrected chi connectivity index (χ3v) is 6.27. The lowest BCUT2D eigenvalue weighted by Gasteiger charge is -2.43. The summed E-state index contributed by atoms with van der Waals surface area (Å²) in [5, 5.41) is 3.86. The normalized spacial score (nSPS) is 20.5. The maximum absolute atomic E-state index is 5.59. The number of benzene rings is 1. The van der Waals surface area contributed by atoms with Crippen molar-refractivity contribution < 1.29 is 9.47 Å². The molecule has 1 aliphatic rings. The molecule has 1 aromatic carbocycles. The van der Waals surface area contributed by atoms with Gasteiger partial charge in [0.15, 0.2) is 11.5 Å². The zero-order valence-corrected chi connectivity index (χ0v) is 17.6. The highest BCUT2D eigenvalue weighted by Crippen LogP contribution is 2.43. The molecule has 3 heteroatoms. The van der Waals surface area contributed by atoms with Crippen molar-refractivity contribution in [2.45, 2.75) is 84.1 Å². The van der Waals surface area contributed by atoms with Crippen LogP contribution in [0.5, 0.6) is 11.5 Å². The van der Waals surface area contributed by atoms with E-state index in [-0.39, 0.29) is 5.54 Å². The Morgan fingerprint density at radius 3 is 2.31 bits per heavy atom. The van der Waals surface area contributed by atoms with Gasteiger partial charge in [0.05, 0.1) is 14.2 Å². The fourth-order valence-corrected chi connectivity index (χ4v) is 4.60. The van der Waals surface area contributed by atoms with Gasteiger partial charge in [-0.3, -0.25) is 0 Å². The second kappa shape index (κ2) is 10.2. The molecule has 0 saturated heterocycles. The topological polar surface area (TPSA) is 30.5 Å². The van der Waals surface area contributed by atoms with Crippen molar-refractivity contribution >= 4 is 0 Å². The average molecular weight is 362 g/mol. The van der Waals surface area contributed by atoms with E-state index in [1.54, 1.807) is 14.2 Å². The number of rotatable bonds is 11. The summed E-state index contributed by atoms with van der Waals surface area (Å²) in [5.41, 5.74) is 2.83. The van der Waals surface area contributed by atoms with Crippen LogP contribution in [0.25, 0.3) is 0 Å². The van der Waals surface area contributed by atoms with Gasteiger partial charge in [0.25, 0.3) is 0 Å². The smallest absolute Gasteiger partial charge is 0.161 e. The van der Waals surface area contributed by atoms with Crippen molar-refractivity contribution in [1.82, 2.24) is 5.32 Å². The standard InChI is InChI=1S/C23H39NO2/c1-6-8-9-10-11-12-13-19(7-2)23(3)20-17-22(26-5)21(25-4)16-18(20)14-15-24-23/h16-17,19,24H,6-15H2,1-5H3. The number of hydrogen-bond acceptors (Lipinski definition) is 3. The van der Waals surface area contributed by atoms with Crippen LogP contribution in [0.4, 0.5) is 0 Å². The van der Waals surface area contributed by atoms with Gasteiger partial charge in [-0.25, -0.2) is 0 Å². The quantitative estimate of drug-likeness (QED) is 0.502. The summed E-state index contributed by atoms with van der Waals surface area (Å²) in [6.45, 7) is 8.04. The largest absolute Gasteiger partial charge is 0.493 e. The third kappa shape index (κ3) is 4.73. The Bertz CT molecular complexity index is 557. The molecule has 0 bridgehead atoms. The Labute approximate surface area is 160 Å². The van der Waals surface area contributed by atoms with E-state index in [1.165, 1.54) is 62.5 Å². The molecule has 1 heterocycles. The van der Waals surface area contributed by atoms with Gasteiger partial charge in [0, 0.05) is 12.1 Å². The number of nitrogens with one attached hydrogen (secondary N) is 1. The zero-order valence-electron chi connectivity index (χ0n) is 17.6. The summed E-state index contributed by atoms with van der Waals surface area (Å²) in [5.74, 6) is 2.33. The van der Waals surface area contributed by atoms with Gasteiger partial charge in [0.1, 0.15) is 0 Å². The van der Waals surface area contributed by atoms with E-state index in [1.807, 2.05) is 0 Å². The van der Waals surface area contributed by atoms with Crippen LogP contribution in [0.2, 0.25) is 0 Å². The van der Waals surface area contributed by atoms with Crippen LogP contribution in [0, 0.1) is 5.92 Å². The lowest BCUT2D eigenvalue weighted by Crippen LogP contribution is -2.50. The molecular formula is C23H39NO2. The maximum atomic E-state index is 5.59. The third-order valence-electron chi connectivity index (χ3n) is 6.27. The predicted molar refractivity (Wildman–Crippen MR) is 110 cm³/mol. The van der Waals surface area contributed by atoms with Gasteiger partial charge in [-0.2, -0.15) is 0 Å². The molecule has 26 heavy (non-hydrogen) atoms. The molecule has 0 aliphatic carbocycles. The fourth-order valence-electron chi connectivity index (χ4n) is 4.60. The highest BCUT2D eigenvalue weighted by Gasteiger charge is 2.38. The van der Waals surface area contributed by atoms with Gasteiger partial charge < -0.3 is 14.8 Å². The summed E-state index contributed by atoms with van der Waals surface area (Å²) < 4.78 is 11.1. The SMILES string of the molecule is CCCCCCCCC(CC)C1(C)NCCc2cc(OC)c(OC)cc21. The zero-order chi connectivity index (χ0) is 19.0. The first-order valence-corrected chi connectivity index (χ1v) is 10.6. The van der Waals surface area contributed by atoms with Crippen molar-refractivity contribution in [3.8, 4) is 11.5 Å². The first-order valence-electron chi connectivity index (χ1n) is 10.6. The van der Waals surface area contributed by atoms with Crippen LogP contribution < -0.4 is 14.8 Å². The Hall–Kier alpha value is -1.22. The van der Waals surface area contributed by atoms with Crippen molar-refractivity contribution in [3.05, 3.63) is 23.3 Å². The first kappa shape index (κ1) is 21.1. The Morgan fingerprint density at radius 2 is 1.65 bits per heavy atom. The number of ether oxygens (including phenoxy) is 2. The van der Waals surface area contributed by atoms with Gasteiger partial charge in [-0.1, -0.05) is 58.8 Å². The Kier molecular flexibility index (Phi) is 8.27. The molecule has 2 atom stereocenters. The van der Waals surface area contributed by atoms with E-state index >= 15 is 0 Å². The molecular weight excluding hydrogens is 322 g/mol. The molecule has 0 radical (unpaired) electrons. The fraction of sp³-hybridized carbons (Fsp3) is 0.739.